The van der Waals surface area contributed by atoms with Crippen LogP contribution >= 0.6 is 0 Å². The lowest BCUT2D eigenvalue weighted by atomic mass is 10.0. The Morgan fingerprint density at radius 3 is 2.59 bits per heavy atom. The quantitative estimate of drug-likeness (QED) is 0.442. The Hall–Kier alpha value is -3.22. The van der Waals surface area contributed by atoms with E-state index >= 15 is 0 Å². The number of aromatic nitrogens is 2. The molecule has 0 saturated carbocycles. The molecule has 1 heterocycles. The number of ketones is 1. The average molecular weight is 364 g/mol. The van der Waals surface area contributed by atoms with Crippen molar-refractivity contribution in [2.24, 2.45) is 0 Å². The first kappa shape index (κ1) is 18.6. The van der Waals surface area contributed by atoms with Gasteiger partial charge in [0, 0.05) is 16.7 Å². The van der Waals surface area contributed by atoms with Gasteiger partial charge in [0.05, 0.1) is 31.7 Å². The number of aliphatic hydroxyl groups excluding tert-OH is 2. The summed E-state index contributed by atoms with van der Waals surface area (Å²) in [4.78, 5) is 12.1. The van der Waals surface area contributed by atoms with Crippen molar-refractivity contribution in [3.63, 3.8) is 0 Å². The Balaban J connectivity index is 1.85. The highest BCUT2D eigenvalue weighted by molar-refractivity contribution is 6.06. The predicted octanol–water partition coefficient (Wildman–Crippen LogP) is 2.97. The highest BCUT2D eigenvalue weighted by atomic mass is 16.5. The van der Waals surface area contributed by atoms with E-state index in [1.54, 1.807) is 36.4 Å². The molecule has 0 fully saturated rings. The van der Waals surface area contributed by atoms with Crippen molar-refractivity contribution in [3.05, 3.63) is 77.0 Å². The fourth-order valence-corrected chi connectivity index (χ4v) is 2.79. The number of H-pyrrole nitrogens is 1. The fraction of sp³-hybridized carbons (Fsp3) is 0.143. The molecule has 3 rings (SSSR count). The van der Waals surface area contributed by atoms with Crippen LogP contribution in [0.15, 0.2) is 54.6 Å². The number of benzene rings is 2. The number of aliphatic hydroxyl groups is 2. The number of hydrogen-bond acceptors (Lipinski definition) is 5. The summed E-state index contributed by atoms with van der Waals surface area (Å²) < 4.78 is 5.31. The Kier molecular flexibility index (Phi) is 5.80. The second kappa shape index (κ2) is 8.44. The van der Waals surface area contributed by atoms with Crippen molar-refractivity contribution in [3.8, 4) is 17.0 Å². The van der Waals surface area contributed by atoms with Crippen LogP contribution in [0.3, 0.4) is 0 Å². The number of carbonyl (C=O) groups is 1. The summed E-state index contributed by atoms with van der Waals surface area (Å²) in [6.07, 6.45) is 3.15. The molecule has 0 bridgehead atoms. The molecule has 1 aromatic heterocycles. The molecule has 0 aliphatic rings. The Morgan fingerprint density at radius 1 is 1.15 bits per heavy atom. The average Bonchev–Trinajstić information content (AvgIpc) is 3.20. The van der Waals surface area contributed by atoms with Crippen molar-refractivity contribution in [2.75, 3.05) is 7.11 Å². The van der Waals surface area contributed by atoms with Crippen molar-refractivity contribution in [2.45, 2.75) is 13.2 Å². The number of carbonyl (C=O) groups excluding carboxylic acids is 1. The van der Waals surface area contributed by atoms with E-state index in [4.69, 9.17) is 4.74 Å². The first-order valence-corrected chi connectivity index (χ1v) is 8.41. The standard InChI is InChI=1S/C21H20N2O4/c1-27-21-10-15(9-16(12-24)18(21)13-25)19-11-17(22-23-19)7-8-20(26)14-5-3-2-4-6-14/h2-11,24-25H,12-13H2,1H3,(H,22,23)/b8-7+. The molecule has 0 spiro atoms. The lowest BCUT2D eigenvalue weighted by Gasteiger charge is -2.12. The van der Waals surface area contributed by atoms with Crippen LogP contribution in [-0.2, 0) is 13.2 Å². The van der Waals surface area contributed by atoms with Crippen LogP contribution < -0.4 is 4.74 Å². The highest BCUT2D eigenvalue weighted by Gasteiger charge is 2.13. The van der Waals surface area contributed by atoms with E-state index < -0.39 is 0 Å². The summed E-state index contributed by atoms with van der Waals surface area (Å²) in [5.74, 6) is 0.390. The molecule has 138 valence electrons. The van der Waals surface area contributed by atoms with Gasteiger partial charge in [-0.2, -0.15) is 5.10 Å². The fourth-order valence-electron chi connectivity index (χ4n) is 2.79. The van der Waals surface area contributed by atoms with Gasteiger partial charge in [-0.05, 0) is 35.9 Å². The largest absolute Gasteiger partial charge is 0.496 e. The van der Waals surface area contributed by atoms with E-state index in [0.29, 0.717) is 33.8 Å². The molecule has 0 atom stereocenters. The van der Waals surface area contributed by atoms with E-state index in [2.05, 4.69) is 10.2 Å². The SMILES string of the molecule is COc1cc(-c2cc(/C=C/C(=O)c3ccccc3)[nH]n2)cc(CO)c1CO. The van der Waals surface area contributed by atoms with Gasteiger partial charge < -0.3 is 14.9 Å². The lowest BCUT2D eigenvalue weighted by Crippen LogP contribution is -1.99. The maximum atomic E-state index is 12.1. The Labute approximate surface area is 156 Å². The zero-order valence-corrected chi connectivity index (χ0v) is 14.8. The minimum Gasteiger partial charge on any atom is -0.496 e. The van der Waals surface area contributed by atoms with Gasteiger partial charge in [-0.3, -0.25) is 9.89 Å². The van der Waals surface area contributed by atoms with Crippen LogP contribution in [0, 0.1) is 0 Å². The molecule has 3 N–H and O–H groups in total. The number of nitrogens with zero attached hydrogens (tertiary/aromatic N) is 1. The number of rotatable bonds is 7. The zero-order valence-electron chi connectivity index (χ0n) is 14.8. The normalized spacial score (nSPS) is 11.1. The number of methoxy groups -OCH3 is 1. The van der Waals surface area contributed by atoms with Crippen LogP contribution in [0.5, 0.6) is 5.75 Å². The van der Waals surface area contributed by atoms with Crippen LogP contribution in [-0.4, -0.2) is 33.3 Å². The Morgan fingerprint density at radius 2 is 1.93 bits per heavy atom. The summed E-state index contributed by atoms with van der Waals surface area (Å²) in [7, 11) is 1.51. The van der Waals surface area contributed by atoms with Crippen LogP contribution in [0.1, 0.15) is 27.2 Å². The second-order valence-electron chi connectivity index (χ2n) is 5.90. The first-order valence-electron chi connectivity index (χ1n) is 8.41. The number of ether oxygens (including phenoxy) is 1. The van der Waals surface area contributed by atoms with Crippen molar-refractivity contribution >= 4 is 11.9 Å². The van der Waals surface area contributed by atoms with Crippen LogP contribution in [0.25, 0.3) is 17.3 Å². The third kappa shape index (κ3) is 4.13. The first-order chi connectivity index (χ1) is 13.2. The predicted molar refractivity (Wildman–Crippen MR) is 102 cm³/mol. The number of hydrogen-bond donors (Lipinski definition) is 3. The molecule has 6 nitrogen and oxygen atoms in total. The molecule has 2 aromatic carbocycles. The molecule has 0 saturated heterocycles. The third-order valence-corrected chi connectivity index (χ3v) is 4.22. The minimum absolute atomic E-state index is 0.0942. The number of allylic oxidation sites excluding steroid dienone is 1. The van der Waals surface area contributed by atoms with E-state index in [9.17, 15) is 15.0 Å². The molecule has 6 heteroatoms. The summed E-state index contributed by atoms with van der Waals surface area (Å²) in [6.45, 7) is -0.446. The minimum atomic E-state index is -0.227. The summed E-state index contributed by atoms with van der Waals surface area (Å²) in [6, 6.07) is 14.3. The van der Waals surface area contributed by atoms with Crippen LogP contribution in [0.4, 0.5) is 0 Å². The molecule has 3 aromatic rings. The molecular weight excluding hydrogens is 344 g/mol. The molecule has 0 aliphatic heterocycles. The molecule has 0 unspecified atom stereocenters. The number of aromatic amines is 1. The van der Waals surface area contributed by atoms with E-state index in [1.807, 2.05) is 18.2 Å². The molecular formula is C21H20N2O4. The lowest BCUT2D eigenvalue weighted by molar-refractivity contribution is 0.104. The summed E-state index contributed by atoms with van der Waals surface area (Å²) in [5.41, 5.74) is 3.78. The zero-order chi connectivity index (χ0) is 19.2. The van der Waals surface area contributed by atoms with Gasteiger partial charge in [0.2, 0.25) is 0 Å². The van der Waals surface area contributed by atoms with Gasteiger partial charge in [-0.15, -0.1) is 0 Å². The molecule has 0 radical (unpaired) electrons. The van der Waals surface area contributed by atoms with Crippen molar-refractivity contribution < 1.29 is 19.7 Å². The van der Waals surface area contributed by atoms with Crippen molar-refractivity contribution in [1.29, 1.82) is 0 Å². The van der Waals surface area contributed by atoms with Crippen molar-refractivity contribution in [1.82, 2.24) is 10.2 Å². The smallest absolute Gasteiger partial charge is 0.185 e. The summed E-state index contributed by atoms with van der Waals surface area (Å²) >= 11 is 0. The van der Waals surface area contributed by atoms with Crippen LogP contribution in [0.2, 0.25) is 0 Å². The Bertz CT molecular complexity index is 936. The molecule has 0 aliphatic carbocycles. The maximum absolute atomic E-state index is 12.1. The van der Waals surface area contributed by atoms with E-state index in [1.165, 1.54) is 13.2 Å². The van der Waals surface area contributed by atoms with E-state index in [0.717, 1.165) is 5.56 Å². The van der Waals surface area contributed by atoms with Gasteiger partial charge in [-0.1, -0.05) is 30.3 Å². The third-order valence-electron chi connectivity index (χ3n) is 4.22. The van der Waals surface area contributed by atoms with Gasteiger partial charge in [0.1, 0.15) is 5.75 Å². The van der Waals surface area contributed by atoms with E-state index in [-0.39, 0.29) is 19.0 Å². The number of nitrogens with one attached hydrogen (secondary N) is 1. The highest BCUT2D eigenvalue weighted by Crippen LogP contribution is 2.30. The van der Waals surface area contributed by atoms with Gasteiger partial charge in [0.25, 0.3) is 0 Å². The topological polar surface area (TPSA) is 95.4 Å². The van der Waals surface area contributed by atoms with Gasteiger partial charge in [-0.25, -0.2) is 0 Å². The van der Waals surface area contributed by atoms with Gasteiger partial charge >= 0.3 is 0 Å². The monoisotopic (exact) mass is 364 g/mol. The summed E-state index contributed by atoms with van der Waals surface area (Å²) in [5, 5.41) is 26.2. The maximum Gasteiger partial charge on any atom is 0.185 e. The second-order valence-corrected chi connectivity index (χ2v) is 5.90. The molecule has 27 heavy (non-hydrogen) atoms. The molecule has 0 amide bonds. The van der Waals surface area contributed by atoms with Gasteiger partial charge in [0.15, 0.2) is 5.78 Å².